The summed E-state index contributed by atoms with van der Waals surface area (Å²) < 4.78 is 0. The van der Waals surface area contributed by atoms with Crippen molar-refractivity contribution in [2.24, 2.45) is 10.7 Å². The van der Waals surface area contributed by atoms with Gasteiger partial charge in [0.05, 0.1) is 5.57 Å². The summed E-state index contributed by atoms with van der Waals surface area (Å²) >= 11 is 0. The Morgan fingerprint density at radius 3 is 2.67 bits per heavy atom. The Kier molecular flexibility index (Phi) is 4.25. The quantitative estimate of drug-likeness (QED) is 0.400. The standard InChI is InChI=1S/C7H10N2/c1-3-4-7(5-8)6-9-2/h5-6H,8H2,1-2H3/b7-5-,9-6?. The van der Waals surface area contributed by atoms with Crippen molar-refractivity contribution >= 4 is 6.21 Å². The third-order valence-electron chi connectivity index (χ3n) is 0.717. The summed E-state index contributed by atoms with van der Waals surface area (Å²) in [5.74, 6) is 5.48. The summed E-state index contributed by atoms with van der Waals surface area (Å²) in [6.45, 7) is 1.76. The van der Waals surface area contributed by atoms with E-state index in [-0.39, 0.29) is 0 Å². The Morgan fingerprint density at radius 2 is 2.33 bits per heavy atom. The Morgan fingerprint density at radius 1 is 1.67 bits per heavy atom. The van der Waals surface area contributed by atoms with Gasteiger partial charge in [-0.25, -0.2) is 0 Å². The lowest BCUT2D eigenvalue weighted by Crippen LogP contribution is -1.86. The van der Waals surface area contributed by atoms with E-state index in [0.717, 1.165) is 5.57 Å². The summed E-state index contributed by atoms with van der Waals surface area (Å²) in [6.07, 6.45) is 3.06. The number of allylic oxidation sites excluding steroid dienone is 1. The Labute approximate surface area is 55.5 Å². The first-order chi connectivity index (χ1) is 4.35. The average molecular weight is 122 g/mol. The molecule has 0 fully saturated rings. The van der Waals surface area contributed by atoms with Crippen LogP contribution in [0.25, 0.3) is 0 Å². The lowest BCUT2D eigenvalue weighted by atomic mass is 10.3. The van der Waals surface area contributed by atoms with Gasteiger partial charge in [0, 0.05) is 19.5 Å². The van der Waals surface area contributed by atoms with Gasteiger partial charge in [0.1, 0.15) is 0 Å². The number of nitrogens with two attached hydrogens (primary N) is 1. The molecule has 0 aromatic heterocycles. The number of nitrogens with zero attached hydrogens (tertiary/aromatic N) is 1. The van der Waals surface area contributed by atoms with Gasteiger partial charge in [0.2, 0.25) is 0 Å². The zero-order valence-electron chi connectivity index (χ0n) is 5.68. The molecule has 2 N–H and O–H groups in total. The van der Waals surface area contributed by atoms with Gasteiger partial charge in [-0.05, 0) is 6.92 Å². The molecule has 0 heterocycles. The highest BCUT2D eigenvalue weighted by Crippen LogP contribution is 1.81. The molecule has 0 spiro atoms. The average Bonchev–Trinajstić information content (AvgIpc) is 1.88. The number of aliphatic imine (C=N–C) groups is 1. The largest absolute Gasteiger partial charge is 0.404 e. The fourth-order valence-corrected chi connectivity index (χ4v) is 0.400. The van der Waals surface area contributed by atoms with E-state index < -0.39 is 0 Å². The van der Waals surface area contributed by atoms with Crippen LogP contribution in [0.4, 0.5) is 0 Å². The molecule has 0 amide bonds. The Bertz CT molecular complexity index is 179. The molecule has 2 nitrogen and oxygen atoms in total. The van der Waals surface area contributed by atoms with Crippen LogP contribution in [0.5, 0.6) is 0 Å². The van der Waals surface area contributed by atoms with Crippen LogP contribution in [0.2, 0.25) is 0 Å². The lowest BCUT2D eigenvalue weighted by Gasteiger charge is -1.81. The zero-order chi connectivity index (χ0) is 7.11. The van der Waals surface area contributed by atoms with Crippen LogP contribution < -0.4 is 5.73 Å². The van der Waals surface area contributed by atoms with Crippen LogP contribution in [0, 0.1) is 11.8 Å². The minimum Gasteiger partial charge on any atom is -0.404 e. The fraction of sp³-hybridized carbons (Fsp3) is 0.286. The highest BCUT2D eigenvalue weighted by atomic mass is 14.6. The minimum absolute atomic E-state index is 0.750. The molecule has 0 aromatic rings. The van der Waals surface area contributed by atoms with Crippen molar-refractivity contribution in [1.29, 1.82) is 0 Å². The maximum absolute atomic E-state index is 5.19. The maximum Gasteiger partial charge on any atom is 0.0577 e. The van der Waals surface area contributed by atoms with E-state index in [0.29, 0.717) is 0 Å². The fourth-order valence-electron chi connectivity index (χ4n) is 0.400. The van der Waals surface area contributed by atoms with Crippen LogP contribution in [0.1, 0.15) is 6.92 Å². The first-order valence-corrected chi connectivity index (χ1v) is 2.62. The molecule has 48 valence electrons. The molecular weight excluding hydrogens is 112 g/mol. The van der Waals surface area contributed by atoms with Crippen molar-refractivity contribution in [3.63, 3.8) is 0 Å². The van der Waals surface area contributed by atoms with E-state index in [1.165, 1.54) is 6.20 Å². The van der Waals surface area contributed by atoms with Crippen molar-refractivity contribution in [2.75, 3.05) is 7.05 Å². The molecule has 0 aliphatic carbocycles. The molecule has 9 heavy (non-hydrogen) atoms. The predicted octanol–water partition coefficient (Wildman–Crippen LogP) is 0.553. The van der Waals surface area contributed by atoms with E-state index in [4.69, 9.17) is 5.73 Å². The monoisotopic (exact) mass is 122 g/mol. The van der Waals surface area contributed by atoms with E-state index in [1.807, 2.05) is 0 Å². The second-order valence-electron chi connectivity index (χ2n) is 1.38. The molecule has 0 saturated carbocycles. The maximum atomic E-state index is 5.19. The molecule has 0 atom stereocenters. The molecule has 0 unspecified atom stereocenters. The minimum atomic E-state index is 0.750. The van der Waals surface area contributed by atoms with Gasteiger partial charge in [-0.2, -0.15) is 0 Å². The molecule has 0 saturated heterocycles. The third-order valence-corrected chi connectivity index (χ3v) is 0.717. The first kappa shape index (κ1) is 7.77. The van der Waals surface area contributed by atoms with Crippen LogP contribution in [-0.4, -0.2) is 13.3 Å². The number of hydrogen-bond acceptors (Lipinski definition) is 2. The summed E-state index contributed by atoms with van der Waals surface area (Å²) in [4.78, 5) is 3.75. The van der Waals surface area contributed by atoms with Gasteiger partial charge in [0.25, 0.3) is 0 Å². The van der Waals surface area contributed by atoms with Crippen LogP contribution in [-0.2, 0) is 0 Å². The molecule has 0 radical (unpaired) electrons. The van der Waals surface area contributed by atoms with Gasteiger partial charge >= 0.3 is 0 Å². The number of hydrogen-bond donors (Lipinski definition) is 1. The van der Waals surface area contributed by atoms with E-state index in [2.05, 4.69) is 16.8 Å². The highest BCUT2D eigenvalue weighted by Gasteiger charge is 1.78. The van der Waals surface area contributed by atoms with E-state index in [9.17, 15) is 0 Å². The van der Waals surface area contributed by atoms with Gasteiger partial charge in [0.15, 0.2) is 0 Å². The smallest absolute Gasteiger partial charge is 0.0577 e. The van der Waals surface area contributed by atoms with Crippen LogP contribution in [0.3, 0.4) is 0 Å². The normalized spacial score (nSPS) is 11.1. The van der Waals surface area contributed by atoms with Gasteiger partial charge in [-0.15, -0.1) is 5.92 Å². The van der Waals surface area contributed by atoms with Gasteiger partial charge in [-0.3, -0.25) is 4.99 Å². The molecular formula is C7H10N2. The third kappa shape index (κ3) is 3.36. The highest BCUT2D eigenvalue weighted by molar-refractivity contribution is 5.84. The van der Waals surface area contributed by atoms with E-state index in [1.54, 1.807) is 20.2 Å². The predicted molar refractivity (Wildman–Crippen MR) is 40.1 cm³/mol. The lowest BCUT2D eigenvalue weighted by molar-refractivity contribution is 1.46. The Balaban J connectivity index is 4.13. The second kappa shape index (κ2) is 4.92. The Hall–Kier alpha value is -1.23. The van der Waals surface area contributed by atoms with Crippen LogP contribution >= 0.6 is 0 Å². The van der Waals surface area contributed by atoms with Crippen molar-refractivity contribution in [3.05, 3.63) is 11.8 Å². The second-order valence-corrected chi connectivity index (χ2v) is 1.38. The van der Waals surface area contributed by atoms with Crippen LogP contribution in [0.15, 0.2) is 16.8 Å². The van der Waals surface area contributed by atoms with Crippen molar-refractivity contribution < 1.29 is 0 Å². The summed E-state index contributed by atoms with van der Waals surface area (Å²) in [6, 6.07) is 0. The van der Waals surface area contributed by atoms with Gasteiger partial charge in [-0.1, -0.05) is 5.92 Å². The molecule has 0 aromatic carbocycles. The molecule has 0 aliphatic rings. The summed E-state index contributed by atoms with van der Waals surface area (Å²) in [5, 5.41) is 0. The SMILES string of the molecule is CC#C/C(C=NC)=C/N. The molecule has 2 heteroatoms. The molecule has 0 bridgehead atoms. The summed E-state index contributed by atoms with van der Waals surface area (Å²) in [7, 11) is 1.68. The molecule has 0 rings (SSSR count). The summed E-state index contributed by atoms with van der Waals surface area (Å²) in [5.41, 5.74) is 5.94. The zero-order valence-corrected chi connectivity index (χ0v) is 5.68. The van der Waals surface area contributed by atoms with Crippen molar-refractivity contribution in [1.82, 2.24) is 0 Å². The van der Waals surface area contributed by atoms with Crippen molar-refractivity contribution in [2.45, 2.75) is 6.92 Å². The van der Waals surface area contributed by atoms with Crippen molar-refractivity contribution in [3.8, 4) is 11.8 Å². The van der Waals surface area contributed by atoms with E-state index >= 15 is 0 Å². The van der Waals surface area contributed by atoms with Gasteiger partial charge < -0.3 is 5.73 Å². The topological polar surface area (TPSA) is 38.4 Å². The number of rotatable bonds is 1. The molecule has 0 aliphatic heterocycles. The first-order valence-electron chi connectivity index (χ1n) is 2.62.